The van der Waals surface area contributed by atoms with E-state index in [1.807, 2.05) is 0 Å². The van der Waals surface area contributed by atoms with Crippen LogP contribution in [-0.2, 0) is 20.8 Å². The zero-order valence-corrected chi connectivity index (χ0v) is 17.9. The summed E-state index contributed by atoms with van der Waals surface area (Å²) in [5.74, 6) is -3.01. The lowest BCUT2D eigenvalue weighted by Crippen LogP contribution is -2.45. The maximum absolute atomic E-state index is 12.4. The Morgan fingerprint density at radius 1 is 1.18 bits per heavy atom. The van der Waals surface area contributed by atoms with E-state index in [0.29, 0.717) is 31.5 Å². The second-order valence-electron chi connectivity index (χ2n) is 8.07. The average molecular weight is 461 g/mol. The van der Waals surface area contributed by atoms with E-state index in [0.717, 1.165) is 12.8 Å². The zero-order chi connectivity index (χ0) is 24.0. The molecule has 1 unspecified atom stereocenters. The number of aliphatic carboxylic acids is 2. The molecule has 0 aromatic carbocycles. The van der Waals surface area contributed by atoms with Gasteiger partial charge < -0.3 is 26.6 Å². The largest absolute Gasteiger partial charge is 0.481 e. The highest BCUT2D eigenvalue weighted by Gasteiger charge is 2.29. The van der Waals surface area contributed by atoms with E-state index in [-0.39, 0.29) is 47.8 Å². The van der Waals surface area contributed by atoms with Gasteiger partial charge in [0, 0.05) is 31.3 Å². The summed E-state index contributed by atoms with van der Waals surface area (Å²) in [6.45, 7) is 0.609. The van der Waals surface area contributed by atoms with Crippen LogP contribution in [0.3, 0.4) is 0 Å². The topological polar surface area (TPSA) is 213 Å². The van der Waals surface area contributed by atoms with Gasteiger partial charge in [-0.15, -0.1) is 0 Å². The Balaban J connectivity index is 1.43. The van der Waals surface area contributed by atoms with Crippen molar-refractivity contribution >= 4 is 35.0 Å². The summed E-state index contributed by atoms with van der Waals surface area (Å²) in [7, 11) is 0. The first kappa shape index (κ1) is 24.0. The number of fused-ring (bicyclic) bond motifs is 1. The van der Waals surface area contributed by atoms with Crippen LogP contribution in [0.4, 0.5) is 5.95 Å². The molecule has 7 N–H and O–H groups in total. The van der Waals surface area contributed by atoms with Crippen LogP contribution in [0, 0.1) is 5.92 Å². The molecule has 2 aromatic rings. The molecule has 0 bridgehead atoms. The van der Waals surface area contributed by atoms with Crippen LogP contribution in [-0.4, -0.2) is 66.6 Å². The fourth-order valence-corrected chi connectivity index (χ4v) is 3.87. The number of nitrogens with two attached hydrogens (primary N) is 1. The quantitative estimate of drug-likeness (QED) is 0.263. The number of nitrogens with zero attached hydrogens (tertiary/aromatic N) is 3. The van der Waals surface area contributed by atoms with E-state index < -0.39 is 23.5 Å². The number of carboxylic acids is 2. The molecule has 0 saturated heterocycles. The minimum atomic E-state index is -1.24. The molecule has 0 radical (unpaired) electrons. The molecule has 178 valence electrons. The Morgan fingerprint density at radius 2 is 1.91 bits per heavy atom. The number of aromatic amines is 1. The summed E-state index contributed by atoms with van der Waals surface area (Å²) in [5.41, 5.74) is 6.03. The Kier molecular flexibility index (Phi) is 7.87. The smallest absolute Gasteiger partial charge is 0.326 e. The van der Waals surface area contributed by atoms with E-state index in [4.69, 9.17) is 10.8 Å². The fraction of sp³-hybridized carbons (Fsp3) is 0.550. The highest BCUT2D eigenvalue weighted by atomic mass is 16.4. The van der Waals surface area contributed by atoms with E-state index in [9.17, 15) is 24.3 Å². The monoisotopic (exact) mass is 461 g/mol. The summed E-state index contributed by atoms with van der Waals surface area (Å²) in [6, 6.07) is -0.999. The number of H-pyrrole nitrogens is 1. The summed E-state index contributed by atoms with van der Waals surface area (Å²) >= 11 is 0. The average Bonchev–Trinajstić information content (AvgIpc) is 2.77. The number of carboxylic acid groups (broad SMARTS) is 2. The Bertz CT molecular complexity index is 1080. The van der Waals surface area contributed by atoms with Crippen molar-refractivity contribution in [3.63, 3.8) is 0 Å². The predicted octanol–water partition coefficient (Wildman–Crippen LogP) is -0.580. The number of aromatic nitrogens is 4. The van der Waals surface area contributed by atoms with Crippen molar-refractivity contribution < 1.29 is 24.6 Å². The van der Waals surface area contributed by atoms with Crippen molar-refractivity contribution in [2.24, 2.45) is 5.92 Å². The summed E-state index contributed by atoms with van der Waals surface area (Å²) in [4.78, 5) is 61.1. The highest BCUT2D eigenvalue weighted by Crippen LogP contribution is 2.24. The highest BCUT2D eigenvalue weighted by molar-refractivity contribution is 5.85. The zero-order valence-electron chi connectivity index (χ0n) is 17.9. The lowest BCUT2D eigenvalue weighted by Gasteiger charge is -2.29. The second kappa shape index (κ2) is 10.8. The summed E-state index contributed by atoms with van der Waals surface area (Å²) in [6.07, 6.45) is 4.33. The minimum Gasteiger partial charge on any atom is -0.481 e. The maximum Gasteiger partial charge on any atom is 0.326 e. The van der Waals surface area contributed by atoms with Crippen LogP contribution >= 0.6 is 0 Å². The van der Waals surface area contributed by atoms with Gasteiger partial charge in [-0.25, -0.2) is 14.8 Å². The van der Waals surface area contributed by atoms with Crippen molar-refractivity contribution in [3.05, 3.63) is 22.2 Å². The number of anilines is 1. The van der Waals surface area contributed by atoms with E-state index in [2.05, 4.69) is 30.6 Å². The first-order valence-corrected chi connectivity index (χ1v) is 10.7. The van der Waals surface area contributed by atoms with Gasteiger partial charge in [-0.2, -0.15) is 4.98 Å². The van der Waals surface area contributed by atoms with Gasteiger partial charge in [-0.3, -0.25) is 19.4 Å². The van der Waals surface area contributed by atoms with Crippen LogP contribution < -0.4 is 21.9 Å². The van der Waals surface area contributed by atoms with Crippen molar-refractivity contribution in [2.45, 2.75) is 57.0 Å². The van der Waals surface area contributed by atoms with Gasteiger partial charge in [0.1, 0.15) is 6.04 Å². The Hall–Kier alpha value is -3.61. The Morgan fingerprint density at radius 3 is 2.58 bits per heavy atom. The lowest BCUT2D eigenvalue weighted by atomic mass is 9.85. The molecule has 2 heterocycles. The van der Waals surface area contributed by atoms with Gasteiger partial charge in [0.05, 0.1) is 11.9 Å². The molecule has 33 heavy (non-hydrogen) atoms. The molecular formula is C20H27N7O6. The fourth-order valence-electron chi connectivity index (χ4n) is 3.87. The van der Waals surface area contributed by atoms with Crippen LogP contribution in [0.1, 0.15) is 44.2 Å². The molecule has 1 saturated carbocycles. The SMILES string of the molecule is Nc1nc2ncc(CCNC3CCC(C(=O)NC(CCC(=O)O)C(=O)O)CC3)nc2c(=O)[nH]1. The number of hydrogen-bond donors (Lipinski definition) is 6. The number of nitrogens with one attached hydrogen (secondary N) is 3. The van der Waals surface area contributed by atoms with Gasteiger partial charge in [0.25, 0.3) is 5.56 Å². The van der Waals surface area contributed by atoms with Crippen molar-refractivity contribution in [1.82, 2.24) is 30.6 Å². The molecular weight excluding hydrogens is 434 g/mol. The van der Waals surface area contributed by atoms with Crippen molar-refractivity contribution in [3.8, 4) is 0 Å². The third kappa shape index (κ3) is 6.68. The minimum absolute atomic E-state index is 0.0146. The third-order valence-electron chi connectivity index (χ3n) is 5.66. The number of carbonyl (C=O) groups excluding carboxylic acids is 1. The van der Waals surface area contributed by atoms with Crippen LogP contribution in [0.25, 0.3) is 11.2 Å². The molecule has 2 aromatic heterocycles. The molecule has 1 aliphatic rings. The molecule has 1 atom stereocenters. The van der Waals surface area contributed by atoms with Crippen LogP contribution in [0.2, 0.25) is 0 Å². The van der Waals surface area contributed by atoms with Gasteiger partial charge in [-0.05, 0) is 32.1 Å². The molecule has 13 nitrogen and oxygen atoms in total. The third-order valence-corrected chi connectivity index (χ3v) is 5.66. The standard InChI is InChI=1S/C20H27N7O6/c21-20-26-16-15(18(31)27-20)24-12(9-23-16)7-8-22-11-3-1-10(2-4-11)17(30)25-13(19(32)33)5-6-14(28)29/h9-11,13,22H,1-8H2,(H,25,30)(H,28,29)(H,32,33)(H3,21,23,26,27,31). The normalized spacial score (nSPS) is 19.2. The van der Waals surface area contributed by atoms with Crippen molar-refractivity contribution in [1.29, 1.82) is 0 Å². The molecule has 1 fully saturated rings. The molecule has 13 heteroatoms. The molecule has 1 aliphatic carbocycles. The summed E-state index contributed by atoms with van der Waals surface area (Å²) < 4.78 is 0. The maximum atomic E-state index is 12.4. The number of amides is 1. The number of carbonyl (C=O) groups is 3. The van der Waals surface area contributed by atoms with Gasteiger partial charge in [-0.1, -0.05) is 0 Å². The van der Waals surface area contributed by atoms with Crippen LogP contribution in [0.15, 0.2) is 11.0 Å². The second-order valence-corrected chi connectivity index (χ2v) is 8.07. The number of rotatable bonds is 10. The molecule has 1 amide bonds. The summed E-state index contributed by atoms with van der Waals surface area (Å²) in [5, 5.41) is 23.8. The van der Waals surface area contributed by atoms with Crippen LogP contribution in [0.5, 0.6) is 0 Å². The first-order chi connectivity index (χ1) is 15.7. The van der Waals surface area contributed by atoms with Gasteiger partial charge >= 0.3 is 11.9 Å². The predicted molar refractivity (Wildman–Crippen MR) is 116 cm³/mol. The number of nitrogen functional groups attached to an aromatic ring is 1. The number of hydrogen-bond acceptors (Lipinski definition) is 9. The lowest BCUT2D eigenvalue weighted by molar-refractivity contribution is -0.143. The van der Waals surface area contributed by atoms with E-state index in [1.54, 1.807) is 6.20 Å². The molecule has 0 spiro atoms. The molecule has 3 rings (SSSR count). The first-order valence-electron chi connectivity index (χ1n) is 10.7. The van der Waals surface area contributed by atoms with Gasteiger partial charge in [0.15, 0.2) is 11.2 Å². The van der Waals surface area contributed by atoms with Crippen molar-refractivity contribution in [2.75, 3.05) is 12.3 Å². The van der Waals surface area contributed by atoms with Gasteiger partial charge in [0.2, 0.25) is 11.9 Å². The molecule has 0 aliphatic heterocycles. The van der Waals surface area contributed by atoms with E-state index in [1.165, 1.54) is 0 Å². The Labute approximate surface area is 188 Å². The van der Waals surface area contributed by atoms with E-state index >= 15 is 0 Å².